The number of carbonyl (C=O) groups excluding carboxylic acids is 3. The van der Waals surface area contributed by atoms with E-state index in [9.17, 15) is 14.4 Å². The molecule has 2 heterocycles. The fraction of sp³-hybridized carbons (Fsp3) is 0.458. The minimum Gasteiger partial charge on any atom is -0.457 e. The van der Waals surface area contributed by atoms with Crippen molar-refractivity contribution in [2.75, 3.05) is 38.0 Å². The fourth-order valence-corrected chi connectivity index (χ4v) is 4.41. The summed E-state index contributed by atoms with van der Waals surface area (Å²) in [4.78, 5) is 40.4. The van der Waals surface area contributed by atoms with E-state index in [4.69, 9.17) is 9.47 Å². The first-order valence-corrected chi connectivity index (χ1v) is 11.9. The van der Waals surface area contributed by atoms with Crippen LogP contribution >= 0.6 is 11.8 Å². The van der Waals surface area contributed by atoms with E-state index in [0.29, 0.717) is 12.2 Å². The molecule has 0 aliphatic carbocycles. The van der Waals surface area contributed by atoms with Crippen LogP contribution in [0.5, 0.6) is 0 Å². The molecule has 8 heteroatoms. The zero-order valence-electron chi connectivity index (χ0n) is 19.1. The number of hydrogen-bond donors (Lipinski definition) is 0. The number of anilines is 1. The Labute approximate surface area is 193 Å². The second-order valence-corrected chi connectivity index (χ2v) is 8.80. The Bertz CT molecular complexity index is 983. The number of hydrogen-bond acceptors (Lipinski definition) is 6. The Hall–Kier alpha value is -2.58. The third-order valence-corrected chi connectivity index (χ3v) is 6.54. The zero-order chi connectivity index (χ0) is 23.3. The Morgan fingerprint density at radius 3 is 2.56 bits per heavy atom. The number of ether oxygens (including phenoxy) is 2. The highest BCUT2D eigenvalue weighted by Crippen LogP contribution is 2.28. The summed E-state index contributed by atoms with van der Waals surface area (Å²) in [7, 11) is 1.66. The van der Waals surface area contributed by atoms with Crippen molar-refractivity contribution in [2.24, 2.45) is 5.92 Å². The summed E-state index contributed by atoms with van der Waals surface area (Å²) in [5.74, 6) is -1.44. The highest BCUT2D eigenvalue weighted by Gasteiger charge is 2.36. The van der Waals surface area contributed by atoms with E-state index >= 15 is 0 Å². The quantitative estimate of drug-likeness (QED) is 0.234. The Morgan fingerprint density at radius 2 is 1.91 bits per heavy atom. The number of rotatable bonds is 10. The van der Waals surface area contributed by atoms with Gasteiger partial charge < -0.3 is 18.9 Å². The highest BCUT2D eigenvalue weighted by atomic mass is 32.2. The Balaban J connectivity index is 1.57. The van der Waals surface area contributed by atoms with E-state index in [1.165, 1.54) is 0 Å². The molecule has 7 nitrogen and oxygen atoms in total. The first kappa shape index (κ1) is 24.1. The van der Waals surface area contributed by atoms with E-state index in [1.807, 2.05) is 50.4 Å². The van der Waals surface area contributed by atoms with Crippen molar-refractivity contribution >= 4 is 35.1 Å². The van der Waals surface area contributed by atoms with E-state index in [1.54, 1.807) is 23.8 Å². The lowest BCUT2D eigenvalue weighted by Crippen LogP contribution is -2.27. The molecule has 0 saturated carbocycles. The monoisotopic (exact) mass is 458 g/mol. The summed E-state index contributed by atoms with van der Waals surface area (Å²) >= 11 is 1.63. The fourth-order valence-electron chi connectivity index (χ4n) is 4.00. The molecule has 1 atom stereocenters. The van der Waals surface area contributed by atoms with Gasteiger partial charge >= 0.3 is 5.97 Å². The van der Waals surface area contributed by atoms with Crippen LogP contribution < -0.4 is 4.90 Å². The molecule has 1 fully saturated rings. The van der Waals surface area contributed by atoms with Crippen LogP contribution in [-0.4, -0.2) is 55.4 Å². The molecule has 1 aliphatic heterocycles. The van der Waals surface area contributed by atoms with E-state index in [0.717, 1.165) is 34.9 Å². The zero-order valence-corrected chi connectivity index (χ0v) is 19.9. The van der Waals surface area contributed by atoms with Crippen LogP contribution in [0.1, 0.15) is 34.6 Å². The largest absolute Gasteiger partial charge is 0.457 e. The lowest BCUT2D eigenvalue weighted by molar-refractivity contribution is -0.147. The maximum absolute atomic E-state index is 12.7. The predicted octanol–water partition coefficient (Wildman–Crippen LogP) is 3.64. The minimum atomic E-state index is -0.572. The molecular formula is C24H30N2O5S. The molecule has 1 unspecified atom stereocenters. The average Bonchev–Trinajstić information content (AvgIpc) is 3.32. The van der Waals surface area contributed by atoms with Gasteiger partial charge in [-0.25, -0.2) is 0 Å². The van der Waals surface area contributed by atoms with Crippen molar-refractivity contribution in [2.45, 2.75) is 38.1 Å². The van der Waals surface area contributed by atoms with Crippen LogP contribution in [0.4, 0.5) is 5.69 Å². The molecule has 1 aromatic carbocycles. The van der Waals surface area contributed by atoms with Crippen molar-refractivity contribution in [1.29, 1.82) is 0 Å². The van der Waals surface area contributed by atoms with Gasteiger partial charge in [-0.1, -0.05) is 0 Å². The van der Waals surface area contributed by atoms with Gasteiger partial charge in [-0.3, -0.25) is 14.4 Å². The van der Waals surface area contributed by atoms with Crippen LogP contribution in [0, 0.1) is 19.8 Å². The molecule has 172 valence electrons. The summed E-state index contributed by atoms with van der Waals surface area (Å²) in [6.45, 7) is 5.19. The van der Waals surface area contributed by atoms with Crippen molar-refractivity contribution in [3.05, 3.63) is 47.3 Å². The average molecular weight is 459 g/mol. The van der Waals surface area contributed by atoms with E-state index in [-0.39, 0.29) is 31.3 Å². The molecule has 0 bridgehead atoms. The minimum absolute atomic E-state index is 0.0886. The van der Waals surface area contributed by atoms with Crippen molar-refractivity contribution < 1.29 is 23.9 Å². The lowest BCUT2D eigenvalue weighted by atomic mass is 10.1. The first-order chi connectivity index (χ1) is 15.3. The topological polar surface area (TPSA) is 77.8 Å². The van der Waals surface area contributed by atoms with Gasteiger partial charge in [0.2, 0.25) is 11.7 Å². The van der Waals surface area contributed by atoms with Crippen LogP contribution in [-0.2, 0) is 25.6 Å². The summed E-state index contributed by atoms with van der Waals surface area (Å²) in [5, 5.41) is 0. The molecule has 1 amide bonds. The summed E-state index contributed by atoms with van der Waals surface area (Å²) in [5.41, 5.74) is 3.17. The Morgan fingerprint density at radius 1 is 1.19 bits per heavy atom. The third kappa shape index (κ3) is 5.42. The number of nitrogens with zero attached hydrogens (tertiary/aromatic N) is 2. The van der Waals surface area contributed by atoms with E-state index < -0.39 is 11.9 Å². The molecule has 3 rings (SSSR count). The van der Waals surface area contributed by atoms with Crippen molar-refractivity contribution in [1.82, 2.24) is 4.57 Å². The number of benzene rings is 1. The number of amides is 1. The maximum atomic E-state index is 12.7. The van der Waals surface area contributed by atoms with Crippen LogP contribution in [0.25, 0.3) is 0 Å². The van der Waals surface area contributed by atoms with Crippen molar-refractivity contribution in [3.8, 4) is 0 Å². The molecular weight excluding hydrogens is 428 g/mol. The first-order valence-electron chi connectivity index (χ1n) is 10.7. The molecule has 1 saturated heterocycles. The summed E-state index contributed by atoms with van der Waals surface area (Å²) in [6.07, 6.45) is 2.93. The van der Waals surface area contributed by atoms with Gasteiger partial charge in [0.15, 0.2) is 6.61 Å². The molecule has 1 aliphatic rings. The molecule has 0 N–H and O–H groups in total. The van der Waals surface area contributed by atoms with E-state index in [2.05, 4.69) is 4.57 Å². The maximum Gasteiger partial charge on any atom is 0.311 e. The normalized spacial score (nSPS) is 15.9. The SMILES string of the molecule is COCCCn1c(C)cc(C(=O)COC(=O)C2CC(=O)N(c3ccc(SC)cc3)C2)c1C. The predicted molar refractivity (Wildman–Crippen MR) is 124 cm³/mol. The number of aromatic nitrogens is 1. The van der Waals surface area contributed by atoms with Gasteiger partial charge in [-0.2, -0.15) is 0 Å². The number of Topliss-reactive ketones (excluding diaryl/α,β-unsaturated/α-hetero) is 1. The van der Waals surface area contributed by atoms with Crippen molar-refractivity contribution in [3.63, 3.8) is 0 Å². The number of methoxy groups -OCH3 is 1. The summed E-state index contributed by atoms with van der Waals surface area (Å²) in [6, 6.07) is 9.48. The second kappa shape index (κ2) is 10.8. The van der Waals surface area contributed by atoms with Gasteiger partial charge in [0, 0.05) is 60.8 Å². The van der Waals surface area contributed by atoms with Crippen LogP contribution in [0.3, 0.4) is 0 Å². The van der Waals surface area contributed by atoms with Crippen LogP contribution in [0.15, 0.2) is 35.2 Å². The van der Waals surface area contributed by atoms with Gasteiger partial charge in [-0.05, 0) is 56.9 Å². The highest BCUT2D eigenvalue weighted by molar-refractivity contribution is 7.98. The summed E-state index contributed by atoms with van der Waals surface area (Å²) < 4.78 is 12.5. The number of carbonyl (C=O) groups is 3. The molecule has 0 radical (unpaired) electrons. The van der Waals surface area contributed by atoms with Gasteiger partial charge in [0.05, 0.1) is 5.92 Å². The smallest absolute Gasteiger partial charge is 0.311 e. The second-order valence-electron chi connectivity index (χ2n) is 7.92. The lowest BCUT2D eigenvalue weighted by Gasteiger charge is -2.16. The number of esters is 1. The van der Waals surface area contributed by atoms with Gasteiger partial charge in [0.1, 0.15) is 0 Å². The molecule has 2 aromatic rings. The van der Waals surface area contributed by atoms with Gasteiger partial charge in [0.25, 0.3) is 0 Å². The third-order valence-electron chi connectivity index (χ3n) is 5.79. The standard InChI is InChI=1S/C24H30N2O5S/c1-16-12-21(17(2)25(16)10-5-11-30-3)22(27)15-31-24(29)18-13-23(28)26(14-18)19-6-8-20(32-4)9-7-19/h6-9,12,18H,5,10-11,13-15H2,1-4H3. The molecule has 1 aromatic heterocycles. The number of thioether (sulfide) groups is 1. The number of ketones is 1. The van der Waals surface area contributed by atoms with Crippen LogP contribution in [0.2, 0.25) is 0 Å². The molecule has 32 heavy (non-hydrogen) atoms. The van der Waals surface area contributed by atoms with Gasteiger partial charge in [-0.15, -0.1) is 11.8 Å². The number of aryl methyl sites for hydroxylation is 1. The Kier molecular flexibility index (Phi) is 8.15. The molecule has 0 spiro atoms.